The van der Waals surface area contributed by atoms with Crippen molar-refractivity contribution in [3.8, 4) is 5.75 Å². The Kier molecular flexibility index (Phi) is 7.38. The van der Waals surface area contributed by atoms with Gasteiger partial charge >= 0.3 is 0 Å². The summed E-state index contributed by atoms with van der Waals surface area (Å²) in [6.07, 6.45) is 3.92. The summed E-state index contributed by atoms with van der Waals surface area (Å²) in [5.41, 5.74) is 2.51. The lowest BCUT2D eigenvalue weighted by Crippen LogP contribution is -2.57. The Morgan fingerprint density at radius 1 is 1.18 bits per heavy atom. The highest BCUT2D eigenvalue weighted by molar-refractivity contribution is 7.89. The molecule has 0 unspecified atom stereocenters. The molecule has 0 bridgehead atoms. The van der Waals surface area contributed by atoms with Crippen molar-refractivity contribution in [1.82, 2.24) is 18.2 Å². The van der Waals surface area contributed by atoms with Crippen molar-refractivity contribution < 1.29 is 21.6 Å². The molecule has 0 aliphatic carbocycles. The van der Waals surface area contributed by atoms with Gasteiger partial charge in [-0.3, -0.25) is 4.90 Å². The molecule has 0 spiro atoms. The van der Waals surface area contributed by atoms with E-state index in [0.29, 0.717) is 12.5 Å². The lowest BCUT2D eigenvalue weighted by Gasteiger charge is -2.51. The third-order valence-corrected chi connectivity index (χ3v) is 10.8. The Morgan fingerprint density at radius 3 is 2.70 bits per heavy atom. The molecule has 4 rings (SSSR count). The Labute approximate surface area is 198 Å². The van der Waals surface area contributed by atoms with E-state index < -0.39 is 20.2 Å². The summed E-state index contributed by atoms with van der Waals surface area (Å²) in [4.78, 5) is 2.52. The summed E-state index contributed by atoms with van der Waals surface area (Å²) in [6, 6.07) is 6.38. The molecule has 1 aromatic rings. The van der Waals surface area contributed by atoms with Crippen LogP contribution in [-0.4, -0.2) is 89.5 Å². The average molecular weight is 501 g/mol. The molecule has 0 radical (unpaired) electrons. The Balaban J connectivity index is 1.47. The summed E-state index contributed by atoms with van der Waals surface area (Å²) in [7, 11) is -2.44. The van der Waals surface area contributed by atoms with E-state index in [1.165, 1.54) is 25.2 Å². The first-order valence-corrected chi connectivity index (χ1v) is 14.8. The summed E-state index contributed by atoms with van der Waals surface area (Å²) in [6.45, 7) is 2.54. The van der Waals surface area contributed by atoms with Crippen LogP contribution < -0.4 is 9.46 Å². The molecule has 2 saturated heterocycles. The second-order valence-electron chi connectivity index (χ2n) is 9.46. The van der Waals surface area contributed by atoms with Crippen molar-refractivity contribution >= 4 is 20.2 Å². The molecule has 33 heavy (non-hydrogen) atoms. The number of nitrogens with one attached hydrogen (secondary N) is 1. The van der Waals surface area contributed by atoms with E-state index in [9.17, 15) is 16.8 Å². The largest absolute Gasteiger partial charge is 0.496 e. The highest BCUT2D eigenvalue weighted by Crippen LogP contribution is 2.45. The molecule has 3 atom stereocenters. The summed E-state index contributed by atoms with van der Waals surface area (Å²) >= 11 is 0. The second kappa shape index (κ2) is 9.79. The summed E-state index contributed by atoms with van der Waals surface area (Å²) < 4.78 is 61.2. The van der Waals surface area contributed by atoms with Crippen LogP contribution in [0.1, 0.15) is 42.9 Å². The maximum absolute atomic E-state index is 13.3. The van der Waals surface area contributed by atoms with Crippen molar-refractivity contribution in [1.29, 1.82) is 0 Å². The Hall–Kier alpha value is -1.24. The van der Waals surface area contributed by atoms with Gasteiger partial charge in [-0.25, -0.2) is 13.1 Å². The molecular formula is C22H36N4O5S2. The van der Waals surface area contributed by atoms with Crippen molar-refractivity contribution in [2.24, 2.45) is 5.92 Å². The standard InChI is InChI=1S/C22H36N4O5S2/c1-24(2)33(29,30)23-11-6-14-32(27,28)26-12-5-7-17-16-25-13-10-19-18(21(25)15-20(17)26)8-4-9-22(19)31-3/h4,8-9,17,20-21,23H,5-7,10-16H2,1-3H3/t17-,20+,21-/m0/s1. The lowest BCUT2D eigenvalue weighted by molar-refractivity contribution is 0.0217. The van der Waals surface area contributed by atoms with Gasteiger partial charge in [-0.05, 0) is 49.7 Å². The number of fused-ring (bicyclic) bond motifs is 4. The minimum atomic E-state index is -3.55. The van der Waals surface area contributed by atoms with Crippen LogP contribution in [0.4, 0.5) is 0 Å². The van der Waals surface area contributed by atoms with Gasteiger partial charge in [-0.1, -0.05) is 12.1 Å². The maximum Gasteiger partial charge on any atom is 0.278 e. The highest BCUT2D eigenvalue weighted by Gasteiger charge is 2.46. The molecule has 0 amide bonds. The van der Waals surface area contributed by atoms with E-state index in [0.717, 1.165) is 48.8 Å². The molecule has 3 heterocycles. The zero-order valence-corrected chi connectivity index (χ0v) is 21.4. The minimum Gasteiger partial charge on any atom is -0.496 e. The fraction of sp³-hybridized carbons (Fsp3) is 0.727. The van der Waals surface area contributed by atoms with Gasteiger partial charge in [0.1, 0.15) is 5.75 Å². The summed E-state index contributed by atoms with van der Waals surface area (Å²) in [5, 5.41) is 0. The number of methoxy groups -OCH3 is 1. The molecule has 3 aliphatic heterocycles. The Bertz CT molecular complexity index is 1060. The van der Waals surface area contributed by atoms with Crippen LogP contribution in [0.2, 0.25) is 0 Å². The average Bonchev–Trinajstić information content (AvgIpc) is 2.79. The predicted molar refractivity (Wildman–Crippen MR) is 128 cm³/mol. The van der Waals surface area contributed by atoms with Crippen LogP contribution in [0.3, 0.4) is 0 Å². The molecule has 2 fully saturated rings. The van der Waals surface area contributed by atoms with Gasteiger partial charge in [-0.2, -0.15) is 17.0 Å². The van der Waals surface area contributed by atoms with Gasteiger partial charge in [-0.15, -0.1) is 0 Å². The number of nitrogens with zero attached hydrogens (tertiary/aromatic N) is 3. The van der Waals surface area contributed by atoms with Crippen molar-refractivity contribution in [2.45, 2.75) is 44.2 Å². The SMILES string of the molecule is COc1cccc2c1CCN1C[C@@H]3CCCN(S(=O)(=O)CCCNS(=O)(=O)N(C)C)[C@@H]3C[C@@H]21. The zero-order valence-electron chi connectivity index (χ0n) is 19.7. The van der Waals surface area contributed by atoms with E-state index in [4.69, 9.17) is 4.74 Å². The lowest BCUT2D eigenvalue weighted by atomic mass is 9.77. The van der Waals surface area contributed by atoms with Gasteiger partial charge in [0.05, 0.1) is 12.9 Å². The van der Waals surface area contributed by atoms with Gasteiger partial charge in [0.25, 0.3) is 10.2 Å². The molecular weight excluding hydrogens is 464 g/mol. The number of sulfonamides is 1. The number of hydrogen-bond acceptors (Lipinski definition) is 6. The van der Waals surface area contributed by atoms with Crippen LogP contribution >= 0.6 is 0 Å². The Morgan fingerprint density at radius 2 is 1.97 bits per heavy atom. The molecule has 186 valence electrons. The van der Waals surface area contributed by atoms with Gasteiger partial charge < -0.3 is 4.74 Å². The molecule has 1 aromatic carbocycles. The monoisotopic (exact) mass is 500 g/mol. The number of rotatable bonds is 8. The second-order valence-corrected chi connectivity index (χ2v) is 13.5. The van der Waals surface area contributed by atoms with E-state index in [-0.39, 0.29) is 30.8 Å². The molecule has 1 N–H and O–H groups in total. The topological polar surface area (TPSA) is 99.3 Å². The molecule has 9 nitrogen and oxygen atoms in total. The van der Waals surface area contributed by atoms with Crippen LogP contribution in [0.5, 0.6) is 5.75 Å². The predicted octanol–water partition coefficient (Wildman–Crippen LogP) is 1.19. The van der Waals surface area contributed by atoms with Gasteiger partial charge in [0.2, 0.25) is 10.0 Å². The number of piperidine rings is 2. The highest BCUT2D eigenvalue weighted by atomic mass is 32.2. The third kappa shape index (κ3) is 5.08. The van der Waals surface area contributed by atoms with E-state index in [1.54, 1.807) is 11.4 Å². The summed E-state index contributed by atoms with van der Waals surface area (Å²) in [5.74, 6) is 1.21. The number of ether oxygens (including phenoxy) is 1. The normalized spacial score (nSPS) is 26.5. The van der Waals surface area contributed by atoms with Crippen molar-refractivity contribution in [2.75, 3.05) is 53.1 Å². The van der Waals surface area contributed by atoms with Crippen molar-refractivity contribution in [3.05, 3.63) is 29.3 Å². The number of hydrogen-bond donors (Lipinski definition) is 1. The molecule has 11 heteroatoms. The van der Waals surface area contributed by atoms with Crippen molar-refractivity contribution in [3.63, 3.8) is 0 Å². The molecule has 0 saturated carbocycles. The first-order chi connectivity index (χ1) is 15.6. The zero-order chi connectivity index (χ0) is 23.8. The van der Waals surface area contributed by atoms with Gasteiger partial charge in [0, 0.05) is 57.9 Å². The third-order valence-electron chi connectivity index (χ3n) is 7.34. The fourth-order valence-electron chi connectivity index (χ4n) is 5.66. The molecule has 3 aliphatic rings. The number of benzene rings is 1. The first-order valence-electron chi connectivity index (χ1n) is 11.7. The van der Waals surface area contributed by atoms with Crippen LogP contribution in [0, 0.1) is 5.92 Å². The van der Waals surface area contributed by atoms with Crippen LogP contribution in [0.25, 0.3) is 0 Å². The minimum absolute atomic E-state index is 0.0133. The van der Waals surface area contributed by atoms with Crippen LogP contribution in [0.15, 0.2) is 18.2 Å². The quantitative estimate of drug-likeness (QED) is 0.539. The fourth-order valence-corrected chi connectivity index (χ4v) is 8.14. The van der Waals surface area contributed by atoms with Crippen LogP contribution in [-0.2, 0) is 26.7 Å². The first kappa shape index (κ1) is 24.9. The van der Waals surface area contributed by atoms with E-state index >= 15 is 0 Å². The van der Waals surface area contributed by atoms with Gasteiger partial charge in [0.15, 0.2) is 0 Å². The smallest absolute Gasteiger partial charge is 0.278 e. The molecule has 0 aromatic heterocycles. The van der Waals surface area contributed by atoms with E-state index in [1.807, 2.05) is 12.1 Å². The van der Waals surface area contributed by atoms with E-state index in [2.05, 4.69) is 15.7 Å². The maximum atomic E-state index is 13.3.